The van der Waals surface area contributed by atoms with Crippen LogP contribution in [0.4, 0.5) is 0 Å². The summed E-state index contributed by atoms with van der Waals surface area (Å²) in [6.45, 7) is 3.61. The van der Waals surface area contributed by atoms with Crippen LogP contribution in [0.25, 0.3) is 0 Å². The van der Waals surface area contributed by atoms with Crippen molar-refractivity contribution in [3.63, 3.8) is 0 Å². The first kappa shape index (κ1) is 13.5. The summed E-state index contributed by atoms with van der Waals surface area (Å²) in [6.07, 6.45) is 0. The Morgan fingerprint density at radius 3 is 2.75 bits per heavy atom. The second-order valence-corrected chi connectivity index (χ2v) is 4.87. The highest BCUT2D eigenvalue weighted by molar-refractivity contribution is 9.10. The maximum absolute atomic E-state index is 11.7. The Balaban J connectivity index is 3.11. The van der Waals surface area contributed by atoms with Gasteiger partial charge in [0.1, 0.15) is 5.54 Å². The third-order valence-electron chi connectivity index (χ3n) is 2.19. The quantitative estimate of drug-likeness (QED) is 0.874. The predicted molar refractivity (Wildman–Crippen MR) is 67.3 cm³/mol. The SMILES string of the molecule is CCOC(=O)C(C)(N)c1ccc(Br)cc1Cl. The van der Waals surface area contributed by atoms with Gasteiger partial charge in [-0.15, -0.1) is 0 Å². The van der Waals surface area contributed by atoms with E-state index >= 15 is 0 Å². The molecule has 2 N–H and O–H groups in total. The van der Waals surface area contributed by atoms with Gasteiger partial charge in [0.2, 0.25) is 0 Å². The van der Waals surface area contributed by atoms with Crippen LogP contribution in [-0.2, 0) is 15.1 Å². The van der Waals surface area contributed by atoms with Crippen LogP contribution in [0.5, 0.6) is 0 Å². The lowest BCUT2D eigenvalue weighted by atomic mass is 9.93. The van der Waals surface area contributed by atoms with Gasteiger partial charge in [-0.05, 0) is 26.0 Å². The molecule has 0 bridgehead atoms. The molecule has 0 radical (unpaired) electrons. The number of esters is 1. The van der Waals surface area contributed by atoms with Crippen molar-refractivity contribution in [3.8, 4) is 0 Å². The second kappa shape index (κ2) is 5.17. The van der Waals surface area contributed by atoms with Gasteiger partial charge in [0.25, 0.3) is 0 Å². The van der Waals surface area contributed by atoms with E-state index in [1.165, 1.54) is 0 Å². The van der Waals surface area contributed by atoms with Gasteiger partial charge in [0.05, 0.1) is 6.61 Å². The first-order valence-electron chi connectivity index (χ1n) is 4.81. The summed E-state index contributed by atoms with van der Waals surface area (Å²) < 4.78 is 5.75. The number of ether oxygens (including phenoxy) is 1. The predicted octanol–water partition coefficient (Wildman–Crippen LogP) is 2.84. The highest BCUT2D eigenvalue weighted by Crippen LogP contribution is 2.29. The number of hydrogen-bond acceptors (Lipinski definition) is 3. The van der Waals surface area contributed by atoms with Crippen molar-refractivity contribution in [2.45, 2.75) is 19.4 Å². The summed E-state index contributed by atoms with van der Waals surface area (Å²) in [4.78, 5) is 11.7. The van der Waals surface area contributed by atoms with Crippen LogP contribution in [0, 0.1) is 0 Å². The number of nitrogens with two attached hydrogens (primary N) is 1. The Morgan fingerprint density at radius 2 is 2.25 bits per heavy atom. The molecular weight excluding hydrogens is 293 g/mol. The van der Waals surface area contributed by atoms with Crippen molar-refractivity contribution in [1.29, 1.82) is 0 Å². The standard InChI is InChI=1S/C11H13BrClNO2/c1-3-16-10(15)11(2,14)8-5-4-7(12)6-9(8)13/h4-6H,3,14H2,1-2H3. The van der Waals surface area contributed by atoms with E-state index in [9.17, 15) is 4.79 Å². The molecule has 0 heterocycles. The van der Waals surface area contributed by atoms with Crippen molar-refractivity contribution < 1.29 is 9.53 Å². The zero-order valence-electron chi connectivity index (χ0n) is 9.09. The average molecular weight is 307 g/mol. The van der Waals surface area contributed by atoms with E-state index < -0.39 is 11.5 Å². The minimum absolute atomic E-state index is 0.291. The minimum atomic E-state index is -1.23. The normalized spacial score (nSPS) is 14.3. The van der Waals surface area contributed by atoms with Gasteiger partial charge in [-0.1, -0.05) is 33.6 Å². The van der Waals surface area contributed by atoms with Crippen molar-refractivity contribution in [2.75, 3.05) is 6.61 Å². The molecular formula is C11H13BrClNO2. The summed E-state index contributed by atoms with van der Waals surface area (Å²) >= 11 is 9.33. The van der Waals surface area contributed by atoms with Crippen molar-refractivity contribution in [2.24, 2.45) is 5.73 Å². The Kier molecular flexibility index (Phi) is 4.35. The van der Waals surface area contributed by atoms with Crippen LogP contribution in [0.15, 0.2) is 22.7 Å². The zero-order valence-corrected chi connectivity index (χ0v) is 11.4. The molecule has 3 nitrogen and oxygen atoms in total. The van der Waals surface area contributed by atoms with Gasteiger partial charge >= 0.3 is 5.97 Å². The fourth-order valence-electron chi connectivity index (χ4n) is 1.30. The monoisotopic (exact) mass is 305 g/mol. The van der Waals surface area contributed by atoms with E-state index in [1.807, 2.05) is 0 Å². The van der Waals surface area contributed by atoms with Crippen molar-refractivity contribution in [1.82, 2.24) is 0 Å². The molecule has 0 aliphatic heterocycles. The van der Waals surface area contributed by atoms with E-state index in [2.05, 4.69) is 15.9 Å². The average Bonchev–Trinajstić information content (AvgIpc) is 2.17. The van der Waals surface area contributed by atoms with Gasteiger partial charge in [-0.2, -0.15) is 0 Å². The van der Waals surface area contributed by atoms with E-state index in [0.29, 0.717) is 17.2 Å². The molecule has 0 aliphatic carbocycles. The molecule has 1 aromatic rings. The second-order valence-electron chi connectivity index (χ2n) is 3.55. The molecule has 0 saturated carbocycles. The molecule has 16 heavy (non-hydrogen) atoms. The van der Waals surface area contributed by atoms with Crippen LogP contribution in [0.1, 0.15) is 19.4 Å². The van der Waals surface area contributed by atoms with Crippen molar-refractivity contribution >= 4 is 33.5 Å². The van der Waals surface area contributed by atoms with E-state index in [4.69, 9.17) is 22.1 Å². The maximum Gasteiger partial charge on any atom is 0.330 e. The largest absolute Gasteiger partial charge is 0.464 e. The summed E-state index contributed by atoms with van der Waals surface area (Å²) in [5, 5.41) is 0.437. The van der Waals surface area contributed by atoms with E-state index in [1.54, 1.807) is 32.0 Å². The van der Waals surface area contributed by atoms with Gasteiger partial charge in [-0.3, -0.25) is 0 Å². The molecule has 5 heteroatoms. The van der Waals surface area contributed by atoms with Gasteiger partial charge in [0, 0.05) is 15.1 Å². The van der Waals surface area contributed by atoms with Crippen LogP contribution < -0.4 is 5.73 Å². The molecule has 0 spiro atoms. The van der Waals surface area contributed by atoms with Crippen LogP contribution >= 0.6 is 27.5 Å². The number of hydrogen-bond donors (Lipinski definition) is 1. The number of carbonyl (C=O) groups is 1. The molecule has 1 atom stereocenters. The Labute approximate surface area is 108 Å². The molecule has 1 rings (SSSR count). The lowest BCUT2D eigenvalue weighted by molar-refractivity contribution is -0.149. The fraction of sp³-hybridized carbons (Fsp3) is 0.364. The Hall–Kier alpha value is -0.580. The number of halogens is 2. The first-order chi connectivity index (χ1) is 7.39. The summed E-state index contributed by atoms with van der Waals surface area (Å²) in [7, 11) is 0. The fourth-order valence-corrected chi connectivity index (χ4v) is 2.17. The number of rotatable bonds is 3. The third kappa shape index (κ3) is 2.75. The highest BCUT2D eigenvalue weighted by Gasteiger charge is 2.33. The molecule has 0 fully saturated rings. The number of carbonyl (C=O) groups excluding carboxylic acids is 1. The third-order valence-corrected chi connectivity index (χ3v) is 3.00. The lowest BCUT2D eigenvalue weighted by Gasteiger charge is -2.23. The summed E-state index contributed by atoms with van der Waals surface area (Å²) in [6, 6.07) is 5.19. The van der Waals surface area contributed by atoms with E-state index in [-0.39, 0.29) is 0 Å². The molecule has 0 amide bonds. The van der Waals surface area contributed by atoms with Crippen LogP contribution in [0.3, 0.4) is 0 Å². The maximum atomic E-state index is 11.7. The smallest absolute Gasteiger partial charge is 0.330 e. The van der Waals surface area contributed by atoms with Crippen molar-refractivity contribution in [3.05, 3.63) is 33.3 Å². The Bertz CT molecular complexity index is 407. The Morgan fingerprint density at radius 1 is 1.62 bits per heavy atom. The van der Waals surface area contributed by atoms with Crippen LogP contribution in [0.2, 0.25) is 5.02 Å². The molecule has 1 unspecified atom stereocenters. The van der Waals surface area contributed by atoms with Gasteiger partial charge in [-0.25, -0.2) is 4.79 Å². The zero-order chi connectivity index (χ0) is 12.3. The molecule has 0 aromatic heterocycles. The molecule has 0 aliphatic rings. The first-order valence-corrected chi connectivity index (χ1v) is 5.98. The molecule has 1 aromatic carbocycles. The minimum Gasteiger partial charge on any atom is -0.464 e. The lowest BCUT2D eigenvalue weighted by Crippen LogP contribution is -2.43. The molecule has 0 saturated heterocycles. The number of benzene rings is 1. The van der Waals surface area contributed by atoms with E-state index in [0.717, 1.165) is 4.47 Å². The highest BCUT2D eigenvalue weighted by atomic mass is 79.9. The molecule has 88 valence electrons. The topological polar surface area (TPSA) is 52.3 Å². The van der Waals surface area contributed by atoms with Gasteiger partial charge in [0.15, 0.2) is 0 Å². The summed E-state index contributed by atoms with van der Waals surface area (Å²) in [5.41, 5.74) is 5.27. The van der Waals surface area contributed by atoms with Crippen LogP contribution in [-0.4, -0.2) is 12.6 Å². The summed E-state index contributed by atoms with van der Waals surface area (Å²) in [5.74, 6) is -0.487. The van der Waals surface area contributed by atoms with Gasteiger partial charge < -0.3 is 10.5 Å².